The zero-order valence-electron chi connectivity index (χ0n) is 22.7. The van der Waals surface area contributed by atoms with Crippen LogP contribution in [-0.4, -0.2) is 98.7 Å². The Hall–Kier alpha value is -0.320. The van der Waals surface area contributed by atoms with Crippen LogP contribution >= 0.6 is 0 Å². The Bertz CT molecular complexity index is 516. The second-order valence-corrected chi connectivity index (χ2v) is 10.7. The van der Waals surface area contributed by atoms with Gasteiger partial charge in [0.1, 0.15) is 48.8 Å². The number of unbranched alkanes of at least 4 members (excludes halogenated alkanes) is 10. The van der Waals surface area contributed by atoms with Crippen LogP contribution in [0.3, 0.4) is 0 Å². The maximum atomic E-state index is 9.60. The van der Waals surface area contributed by atoms with E-state index in [0.29, 0.717) is 26.4 Å². The van der Waals surface area contributed by atoms with E-state index < -0.39 is 12.2 Å². The van der Waals surface area contributed by atoms with E-state index in [9.17, 15) is 10.2 Å². The molecule has 0 bridgehead atoms. The van der Waals surface area contributed by atoms with Gasteiger partial charge in [0.05, 0.1) is 26.4 Å². The standard InChI is InChI=1S/2C14H26O4/c2*1-2-3-4-5-6-7-8-16-12-10-18-13-11(15)9-17-14(12)13/h2*11-15H,2-10H2,1H3/t11-,12+,13+,14+;11-,12+,13-,14-/m01/s1. The molecular formula is C28H52O8. The number of ether oxygens (including phenoxy) is 6. The van der Waals surface area contributed by atoms with Gasteiger partial charge >= 0.3 is 0 Å². The maximum Gasteiger partial charge on any atom is 0.115 e. The van der Waals surface area contributed by atoms with Crippen LogP contribution in [0, 0.1) is 0 Å². The summed E-state index contributed by atoms with van der Waals surface area (Å²) in [6.45, 7) is 7.90. The predicted molar refractivity (Wildman–Crippen MR) is 137 cm³/mol. The lowest BCUT2D eigenvalue weighted by molar-refractivity contribution is -0.0378. The van der Waals surface area contributed by atoms with E-state index >= 15 is 0 Å². The van der Waals surface area contributed by atoms with E-state index in [2.05, 4.69) is 13.8 Å². The molecule has 4 saturated heterocycles. The van der Waals surface area contributed by atoms with Crippen molar-refractivity contribution in [1.82, 2.24) is 0 Å². The Labute approximate surface area is 218 Å². The molecule has 0 aromatic rings. The van der Waals surface area contributed by atoms with Gasteiger partial charge in [-0.15, -0.1) is 0 Å². The fraction of sp³-hybridized carbons (Fsp3) is 1.00. The molecule has 0 amide bonds. The Kier molecular flexibility index (Phi) is 14.5. The highest BCUT2D eigenvalue weighted by molar-refractivity contribution is 4.95. The zero-order chi connectivity index (χ0) is 25.6. The molecule has 0 aromatic heterocycles. The SMILES string of the molecule is CCCCCCCCO[C@@H]1CO[C@H]2[C@@H]1OC[C@@H]2O.CCCCCCCCO[C@H]1CO[C@H]2[C@@H]1OC[C@H]2O. The van der Waals surface area contributed by atoms with E-state index in [1.165, 1.54) is 64.2 Å². The number of aliphatic hydroxyl groups is 2. The van der Waals surface area contributed by atoms with Gasteiger partial charge in [-0.25, -0.2) is 0 Å². The lowest BCUT2D eigenvalue weighted by atomic mass is 10.1. The topological polar surface area (TPSA) is 95.8 Å². The molecule has 0 radical (unpaired) electrons. The molecule has 4 heterocycles. The lowest BCUT2D eigenvalue weighted by Crippen LogP contribution is -2.33. The number of hydrogen-bond donors (Lipinski definition) is 2. The van der Waals surface area contributed by atoms with Gasteiger partial charge in [0.25, 0.3) is 0 Å². The lowest BCUT2D eigenvalue weighted by Gasteiger charge is -2.16. The first kappa shape index (κ1) is 30.2. The monoisotopic (exact) mass is 516 g/mol. The van der Waals surface area contributed by atoms with Crippen molar-refractivity contribution in [3.05, 3.63) is 0 Å². The molecule has 0 aromatic carbocycles. The summed E-state index contributed by atoms with van der Waals surface area (Å²) in [5.41, 5.74) is 0. The van der Waals surface area contributed by atoms with Crippen molar-refractivity contribution < 1.29 is 38.6 Å². The third-order valence-corrected chi connectivity index (χ3v) is 7.62. The van der Waals surface area contributed by atoms with Crippen molar-refractivity contribution in [3.8, 4) is 0 Å². The molecule has 8 heteroatoms. The Morgan fingerprint density at radius 1 is 0.500 bits per heavy atom. The van der Waals surface area contributed by atoms with E-state index in [1.54, 1.807) is 0 Å². The quantitative estimate of drug-likeness (QED) is 0.299. The molecule has 4 fully saturated rings. The van der Waals surface area contributed by atoms with Crippen molar-refractivity contribution in [2.24, 2.45) is 0 Å². The third-order valence-electron chi connectivity index (χ3n) is 7.62. The van der Waals surface area contributed by atoms with E-state index in [-0.39, 0.29) is 36.6 Å². The second kappa shape index (κ2) is 17.3. The van der Waals surface area contributed by atoms with Crippen LogP contribution in [-0.2, 0) is 28.4 Å². The Morgan fingerprint density at radius 2 is 0.861 bits per heavy atom. The van der Waals surface area contributed by atoms with Gasteiger partial charge in [0.15, 0.2) is 0 Å². The third kappa shape index (κ3) is 9.45. The van der Waals surface area contributed by atoms with Crippen LogP contribution in [0.2, 0.25) is 0 Å². The second-order valence-electron chi connectivity index (χ2n) is 10.7. The first-order valence-corrected chi connectivity index (χ1v) is 14.7. The van der Waals surface area contributed by atoms with Crippen LogP contribution in [0.25, 0.3) is 0 Å². The molecular weight excluding hydrogens is 464 g/mol. The molecule has 2 N–H and O–H groups in total. The number of fused-ring (bicyclic) bond motifs is 2. The molecule has 4 rings (SSSR count). The molecule has 0 spiro atoms. The number of aliphatic hydroxyl groups excluding tert-OH is 2. The number of hydrogen-bond acceptors (Lipinski definition) is 8. The minimum atomic E-state index is -0.474. The molecule has 0 saturated carbocycles. The van der Waals surface area contributed by atoms with Crippen LogP contribution in [0.15, 0.2) is 0 Å². The fourth-order valence-corrected chi connectivity index (χ4v) is 5.41. The van der Waals surface area contributed by atoms with Gasteiger partial charge in [-0.2, -0.15) is 0 Å². The normalized spacial score (nSPS) is 35.0. The number of rotatable bonds is 16. The summed E-state index contributed by atoms with van der Waals surface area (Å²) in [4.78, 5) is 0. The average Bonchev–Trinajstić information content (AvgIpc) is 3.65. The van der Waals surface area contributed by atoms with Gasteiger partial charge < -0.3 is 38.6 Å². The van der Waals surface area contributed by atoms with Gasteiger partial charge in [-0.05, 0) is 12.8 Å². The Balaban J connectivity index is 0.000000201. The minimum Gasteiger partial charge on any atom is -0.388 e. The van der Waals surface area contributed by atoms with Crippen molar-refractivity contribution in [1.29, 1.82) is 0 Å². The Morgan fingerprint density at radius 3 is 1.28 bits per heavy atom. The van der Waals surface area contributed by atoms with Gasteiger partial charge in [-0.1, -0.05) is 78.1 Å². The maximum absolute atomic E-state index is 9.60. The van der Waals surface area contributed by atoms with E-state index in [4.69, 9.17) is 28.4 Å². The highest BCUT2D eigenvalue weighted by Crippen LogP contribution is 2.30. The molecule has 0 unspecified atom stereocenters. The molecule has 4 aliphatic heterocycles. The van der Waals surface area contributed by atoms with Crippen molar-refractivity contribution >= 4 is 0 Å². The molecule has 212 valence electrons. The average molecular weight is 517 g/mol. The molecule has 8 nitrogen and oxygen atoms in total. The summed E-state index contributed by atoms with van der Waals surface area (Å²) in [5.74, 6) is 0. The van der Waals surface area contributed by atoms with Crippen LogP contribution in [0.5, 0.6) is 0 Å². The summed E-state index contributed by atoms with van der Waals surface area (Å²) in [5, 5.41) is 19.2. The van der Waals surface area contributed by atoms with Gasteiger partial charge in [0, 0.05) is 13.2 Å². The van der Waals surface area contributed by atoms with E-state index in [0.717, 1.165) is 26.1 Å². The fourth-order valence-electron chi connectivity index (χ4n) is 5.41. The van der Waals surface area contributed by atoms with Gasteiger partial charge in [-0.3, -0.25) is 0 Å². The van der Waals surface area contributed by atoms with E-state index in [1.807, 2.05) is 0 Å². The predicted octanol–water partition coefficient (Wildman–Crippen LogP) is 3.78. The van der Waals surface area contributed by atoms with Gasteiger partial charge in [0.2, 0.25) is 0 Å². The smallest absolute Gasteiger partial charge is 0.115 e. The minimum absolute atomic E-state index is 0.0165. The summed E-state index contributed by atoms with van der Waals surface area (Å²) >= 11 is 0. The van der Waals surface area contributed by atoms with Crippen molar-refractivity contribution in [3.63, 3.8) is 0 Å². The zero-order valence-corrected chi connectivity index (χ0v) is 22.7. The van der Waals surface area contributed by atoms with Crippen molar-refractivity contribution in [2.45, 2.75) is 140 Å². The molecule has 0 aliphatic carbocycles. The summed E-state index contributed by atoms with van der Waals surface area (Å²) < 4.78 is 33.7. The first-order chi connectivity index (χ1) is 17.7. The molecule has 8 atom stereocenters. The highest BCUT2D eigenvalue weighted by atomic mass is 16.6. The van der Waals surface area contributed by atoms with Crippen molar-refractivity contribution in [2.75, 3.05) is 39.6 Å². The first-order valence-electron chi connectivity index (χ1n) is 14.7. The summed E-state index contributed by atoms with van der Waals surface area (Å²) in [7, 11) is 0. The summed E-state index contributed by atoms with van der Waals surface area (Å²) in [6, 6.07) is 0. The largest absolute Gasteiger partial charge is 0.388 e. The molecule has 36 heavy (non-hydrogen) atoms. The highest BCUT2D eigenvalue weighted by Gasteiger charge is 2.48. The summed E-state index contributed by atoms with van der Waals surface area (Å²) in [6.07, 6.45) is 13.9. The van der Waals surface area contributed by atoms with Crippen LogP contribution in [0.4, 0.5) is 0 Å². The molecule has 4 aliphatic rings. The van der Waals surface area contributed by atoms with Crippen LogP contribution in [0.1, 0.15) is 90.9 Å². The van der Waals surface area contributed by atoms with Crippen LogP contribution < -0.4 is 0 Å².